The maximum absolute atomic E-state index is 5.35. The molecule has 2 atom stereocenters. The smallest absolute Gasteiger partial charge is 0.0503 e. The predicted molar refractivity (Wildman–Crippen MR) is 99.0 cm³/mol. The molecular formula is C18H35N5. The highest BCUT2D eigenvalue weighted by molar-refractivity contribution is 5.96. The van der Waals surface area contributed by atoms with Crippen molar-refractivity contribution >= 4 is 5.71 Å². The molecule has 4 heterocycles. The van der Waals surface area contributed by atoms with E-state index < -0.39 is 0 Å². The van der Waals surface area contributed by atoms with Crippen molar-refractivity contribution in [1.29, 1.82) is 0 Å². The zero-order valence-electron chi connectivity index (χ0n) is 15.3. The average Bonchev–Trinajstić information content (AvgIpc) is 2.73. The van der Waals surface area contributed by atoms with Crippen molar-refractivity contribution in [3.8, 4) is 0 Å². The van der Waals surface area contributed by atoms with Crippen LogP contribution in [0.25, 0.3) is 0 Å². The van der Waals surface area contributed by atoms with Gasteiger partial charge < -0.3 is 11.1 Å². The van der Waals surface area contributed by atoms with Gasteiger partial charge in [-0.05, 0) is 52.8 Å². The van der Waals surface area contributed by atoms with Gasteiger partial charge in [0, 0.05) is 56.9 Å². The van der Waals surface area contributed by atoms with Crippen molar-refractivity contribution in [2.75, 3.05) is 32.7 Å². The first-order valence-electron chi connectivity index (χ1n) is 9.15. The average molecular weight is 322 g/mol. The molecule has 3 saturated heterocycles. The number of piperidine rings is 1. The van der Waals surface area contributed by atoms with Gasteiger partial charge in [0.15, 0.2) is 0 Å². The normalized spacial score (nSPS) is 29.0. The number of nitrogens with two attached hydrogens (primary N) is 1. The zero-order valence-corrected chi connectivity index (χ0v) is 15.3. The first-order valence-corrected chi connectivity index (χ1v) is 9.15. The van der Waals surface area contributed by atoms with Gasteiger partial charge in [0.1, 0.15) is 0 Å². The van der Waals surface area contributed by atoms with Crippen LogP contribution in [0.15, 0.2) is 17.3 Å². The van der Waals surface area contributed by atoms with Gasteiger partial charge in [-0.15, -0.1) is 0 Å². The highest BCUT2D eigenvalue weighted by Gasteiger charge is 2.36. The number of fused-ring (bicyclic) bond motifs is 2. The number of nitrogens with one attached hydrogen (secondary N) is 1. The highest BCUT2D eigenvalue weighted by atomic mass is 15.3. The van der Waals surface area contributed by atoms with E-state index in [4.69, 9.17) is 5.73 Å². The second-order valence-electron chi connectivity index (χ2n) is 7.49. The largest absolute Gasteiger partial charge is 0.405 e. The third-order valence-electron chi connectivity index (χ3n) is 4.98. The van der Waals surface area contributed by atoms with Crippen LogP contribution in [-0.4, -0.2) is 72.4 Å². The maximum atomic E-state index is 5.35. The molecule has 3 fully saturated rings. The lowest BCUT2D eigenvalue weighted by Crippen LogP contribution is -2.67. The van der Waals surface area contributed by atoms with Gasteiger partial charge in [0.05, 0.1) is 5.71 Å². The molecule has 5 heteroatoms. The van der Waals surface area contributed by atoms with Crippen LogP contribution < -0.4 is 11.1 Å². The molecule has 2 unspecified atom stereocenters. The van der Waals surface area contributed by atoms with Gasteiger partial charge in [-0.2, -0.15) is 0 Å². The van der Waals surface area contributed by atoms with Gasteiger partial charge in [-0.1, -0.05) is 0 Å². The number of piperazine rings is 1. The van der Waals surface area contributed by atoms with Crippen LogP contribution in [0.1, 0.15) is 40.5 Å². The summed E-state index contributed by atoms with van der Waals surface area (Å²) in [6, 6.07) is 2.98. The lowest BCUT2D eigenvalue weighted by atomic mass is 9.90. The summed E-state index contributed by atoms with van der Waals surface area (Å²) in [6.45, 7) is 14.6. The SMILES string of the molecule is CC(C)N1CC2CC(C1)N2.CC(C)N1CCCN=C(/C=C\N)C1. The molecule has 0 radical (unpaired) electrons. The number of hydrogen-bond acceptors (Lipinski definition) is 5. The van der Waals surface area contributed by atoms with Crippen LogP contribution in [0.4, 0.5) is 0 Å². The molecule has 23 heavy (non-hydrogen) atoms. The molecule has 3 N–H and O–H groups in total. The van der Waals surface area contributed by atoms with Crippen molar-refractivity contribution in [1.82, 2.24) is 15.1 Å². The van der Waals surface area contributed by atoms with E-state index in [0.717, 1.165) is 49.9 Å². The Morgan fingerprint density at radius 3 is 2.22 bits per heavy atom. The van der Waals surface area contributed by atoms with Gasteiger partial charge >= 0.3 is 0 Å². The van der Waals surface area contributed by atoms with E-state index >= 15 is 0 Å². The minimum Gasteiger partial charge on any atom is -0.405 e. The molecule has 4 aliphatic rings. The Bertz CT molecular complexity index is 400. The fourth-order valence-electron chi connectivity index (χ4n) is 3.46. The van der Waals surface area contributed by atoms with Crippen LogP contribution in [0.2, 0.25) is 0 Å². The van der Waals surface area contributed by atoms with E-state index in [1.807, 2.05) is 6.08 Å². The summed E-state index contributed by atoms with van der Waals surface area (Å²) in [5.74, 6) is 0. The molecule has 2 bridgehead atoms. The topological polar surface area (TPSA) is 56.9 Å². The van der Waals surface area contributed by atoms with Crippen molar-refractivity contribution in [2.45, 2.75) is 64.7 Å². The summed E-state index contributed by atoms with van der Waals surface area (Å²) in [6.07, 6.45) is 6.05. The molecular weight excluding hydrogens is 286 g/mol. The quantitative estimate of drug-likeness (QED) is 0.826. The Morgan fingerprint density at radius 1 is 1.13 bits per heavy atom. The molecule has 4 rings (SSSR count). The lowest BCUT2D eigenvalue weighted by Gasteiger charge is -2.49. The first-order chi connectivity index (χ1) is 11.0. The van der Waals surface area contributed by atoms with Crippen LogP contribution in [0.5, 0.6) is 0 Å². The summed E-state index contributed by atoms with van der Waals surface area (Å²) < 4.78 is 0. The van der Waals surface area contributed by atoms with Crippen molar-refractivity contribution in [3.63, 3.8) is 0 Å². The Balaban J connectivity index is 0.000000172. The molecule has 0 aromatic rings. The molecule has 0 saturated carbocycles. The number of hydrogen-bond donors (Lipinski definition) is 2. The molecule has 5 nitrogen and oxygen atoms in total. The first kappa shape index (κ1) is 18.4. The highest BCUT2D eigenvalue weighted by Crippen LogP contribution is 2.21. The third kappa shape index (κ3) is 5.59. The van der Waals surface area contributed by atoms with E-state index in [-0.39, 0.29) is 0 Å². The second kappa shape index (κ2) is 8.81. The fourth-order valence-corrected chi connectivity index (χ4v) is 3.46. The van der Waals surface area contributed by atoms with Gasteiger partial charge in [-0.3, -0.25) is 14.8 Å². The van der Waals surface area contributed by atoms with Crippen LogP contribution in [0, 0.1) is 0 Å². The minimum atomic E-state index is 0.592. The Hall–Kier alpha value is -0.910. The Kier molecular flexibility index (Phi) is 7.06. The van der Waals surface area contributed by atoms with E-state index in [9.17, 15) is 0 Å². The molecule has 0 aromatic carbocycles. The minimum absolute atomic E-state index is 0.592. The number of aliphatic imine (C=N–C) groups is 1. The fraction of sp³-hybridized carbons (Fsp3) is 0.833. The van der Waals surface area contributed by atoms with Crippen molar-refractivity contribution < 1.29 is 0 Å². The van der Waals surface area contributed by atoms with Gasteiger partial charge in [0.25, 0.3) is 0 Å². The van der Waals surface area contributed by atoms with E-state index in [0.29, 0.717) is 6.04 Å². The molecule has 0 amide bonds. The van der Waals surface area contributed by atoms with Gasteiger partial charge in [0.2, 0.25) is 0 Å². The maximum Gasteiger partial charge on any atom is 0.0503 e. The molecule has 4 aliphatic heterocycles. The monoisotopic (exact) mass is 321 g/mol. The molecule has 132 valence electrons. The summed E-state index contributed by atoms with van der Waals surface area (Å²) in [5.41, 5.74) is 6.46. The summed E-state index contributed by atoms with van der Waals surface area (Å²) in [4.78, 5) is 9.44. The van der Waals surface area contributed by atoms with Crippen LogP contribution >= 0.6 is 0 Å². The standard InChI is InChI=1S/C10H19N3.C8H16N2/c1-9(2)13-7-3-6-12-10(8-13)4-5-11;1-6(2)10-4-7-3-8(5-10)9-7/h4-5,9H,3,6-8,11H2,1-2H3;6-9H,3-5H2,1-2H3/b5-4-;. The molecule has 0 aliphatic carbocycles. The van der Waals surface area contributed by atoms with Crippen molar-refractivity contribution in [3.05, 3.63) is 12.3 Å². The zero-order chi connectivity index (χ0) is 16.8. The Morgan fingerprint density at radius 2 is 1.74 bits per heavy atom. The van der Waals surface area contributed by atoms with Crippen LogP contribution in [0.3, 0.4) is 0 Å². The second-order valence-corrected chi connectivity index (χ2v) is 7.49. The van der Waals surface area contributed by atoms with Crippen LogP contribution in [-0.2, 0) is 0 Å². The van der Waals surface area contributed by atoms with E-state index in [2.05, 4.69) is 47.8 Å². The van der Waals surface area contributed by atoms with Crippen molar-refractivity contribution in [2.24, 2.45) is 10.7 Å². The van der Waals surface area contributed by atoms with E-state index in [1.54, 1.807) is 6.20 Å². The Labute approximate surface area is 142 Å². The lowest BCUT2D eigenvalue weighted by molar-refractivity contribution is 0.0563. The third-order valence-corrected chi connectivity index (χ3v) is 4.98. The molecule has 0 aromatic heterocycles. The van der Waals surface area contributed by atoms with E-state index in [1.165, 1.54) is 19.5 Å². The van der Waals surface area contributed by atoms with Gasteiger partial charge in [-0.25, -0.2) is 0 Å². The number of rotatable bonds is 3. The number of nitrogens with zero attached hydrogens (tertiary/aromatic N) is 3. The summed E-state index contributed by atoms with van der Waals surface area (Å²) in [5, 5.41) is 3.52. The summed E-state index contributed by atoms with van der Waals surface area (Å²) >= 11 is 0. The predicted octanol–water partition coefficient (Wildman–Crippen LogP) is 1.45. The summed E-state index contributed by atoms with van der Waals surface area (Å²) in [7, 11) is 0. The molecule has 0 spiro atoms.